The first-order valence-electron chi connectivity index (χ1n) is 39.0. The van der Waals surface area contributed by atoms with Gasteiger partial charge in [-0.3, -0.25) is 43.7 Å². The summed E-state index contributed by atoms with van der Waals surface area (Å²) in [5.74, 6) is 0.0435. The van der Waals surface area contributed by atoms with E-state index >= 15 is 0 Å². The second-order valence-electron chi connectivity index (χ2n) is 31.3. The molecule has 0 aliphatic carbocycles. The Labute approximate surface area is 621 Å². The van der Waals surface area contributed by atoms with Crippen molar-refractivity contribution in [2.45, 2.75) is 147 Å². The van der Waals surface area contributed by atoms with Gasteiger partial charge < -0.3 is 54.7 Å². The quantitative estimate of drug-likeness (QED) is 0.0326. The molecule has 6 saturated heterocycles. The van der Waals surface area contributed by atoms with E-state index in [9.17, 15) is 33.6 Å². The van der Waals surface area contributed by atoms with Crippen molar-refractivity contribution in [3.8, 4) is 0 Å². The molecule has 14 rings (SSSR count). The third-order valence-corrected chi connectivity index (χ3v) is 23.8. The highest BCUT2D eigenvalue weighted by atomic mass is 16.6. The van der Waals surface area contributed by atoms with Crippen molar-refractivity contribution < 1.29 is 33.2 Å². The summed E-state index contributed by atoms with van der Waals surface area (Å²) in [6.45, 7) is 19.3. The normalized spacial score (nSPS) is 20.5. The minimum Gasteiger partial charge on any atom is -0.399 e. The number of aryl methyl sites for hydroxylation is 2. The van der Waals surface area contributed by atoms with Gasteiger partial charge in [-0.15, -0.1) is 0 Å². The number of rotatable bonds is 19. The van der Waals surface area contributed by atoms with Crippen molar-refractivity contribution in [1.82, 2.24) is 80.2 Å². The summed E-state index contributed by atoms with van der Waals surface area (Å²) >= 11 is 0. The van der Waals surface area contributed by atoms with Crippen molar-refractivity contribution >= 4 is 73.6 Å². The number of ether oxygens (including phenoxy) is 1. The molecule has 10 heterocycles. The van der Waals surface area contributed by atoms with Crippen LogP contribution in [-0.4, -0.2) is 267 Å². The fourth-order valence-electron chi connectivity index (χ4n) is 17.2. The maximum Gasteiger partial charge on any atom is 0.413 e. The van der Waals surface area contributed by atoms with E-state index in [1.54, 1.807) is 27.1 Å². The minimum absolute atomic E-state index is 0.0242. The molecule has 566 valence electrons. The molecule has 6 N–H and O–H groups in total. The van der Waals surface area contributed by atoms with Crippen LogP contribution in [0.2, 0.25) is 0 Å². The molecule has 0 spiro atoms. The number of hydrogen-bond donors (Lipinski definition) is 6. The summed E-state index contributed by atoms with van der Waals surface area (Å²) in [6.07, 6.45) is 15.7. The average molecular weight is 1450 g/mol. The second kappa shape index (κ2) is 34.2. The van der Waals surface area contributed by atoms with Gasteiger partial charge in [0.25, 0.3) is 11.1 Å². The number of hydrogen-bond acceptors (Lipinski definition) is 13. The Hall–Kier alpha value is -9.17. The number of likely N-dealkylation sites (tertiary alicyclic amines) is 4. The number of aromatic amines is 4. The summed E-state index contributed by atoms with van der Waals surface area (Å²) in [6, 6.07) is 27.0. The van der Waals surface area contributed by atoms with E-state index in [-0.39, 0.29) is 52.9 Å². The number of carbonyl (C=O) groups excluding carboxylic acids is 5. The molecule has 25 nitrogen and oxygen atoms in total. The number of nitrogens with one attached hydrogen (secondary N) is 6. The average Bonchev–Trinajstić information content (AvgIpc) is 1.10. The van der Waals surface area contributed by atoms with Crippen LogP contribution in [0.15, 0.2) is 107 Å². The van der Waals surface area contributed by atoms with Gasteiger partial charge >= 0.3 is 18.2 Å². The van der Waals surface area contributed by atoms with E-state index < -0.39 is 12.1 Å². The number of para-hydroxylation sites is 2. The van der Waals surface area contributed by atoms with E-state index in [0.717, 1.165) is 166 Å². The van der Waals surface area contributed by atoms with Gasteiger partial charge in [0.05, 0.1) is 43.6 Å². The number of unbranched alkanes of at least 4 members (excludes halogenated alkanes) is 3. The van der Waals surface area contributed by atoms with Gasteiger partial charge in [-0.1, -0.05) is 74.7 Å². The lowest BCUT2D eigenvalue weighted by atomic mass is 9.89. The number of quaternary nitrogens is 1. The zero-order valence-electron chi connectivity index (χ0n) is 63.0. The number of H-pyrrole nitrogens is 4. The molecule has 0 saturated carbocycles. The number of nitrogens with zero attached hydrogens (tertiary/aromatic N) is 11. The van der Waals surface area contributed by atoms with Crippen LogP contribution in [0.4, 0.5) is 14.4 Å². The highest BCUT2D eigenvalue weighted by Gasteiger charge is 2.39. The smallest absolute Gasteiger partial charge is 0.399 e. The fourth-order valence-corrected chi connectivity index (χ4v) is 17.2. The largest absolute Gasteiger partial charge is 0.413 e. The number of pyridine rings is 2. The molecule has 7 amide bonds. The van der Waals surface area contributed by atoms with Crippen LogP contribution in [0.25, 0.3) is 43.6 Å². The predicted octanol–water partition coefficient (Wildman–Crippen LogP) is 9.02. The molecular weight excluding hydrogens is 1340 g/mol. The molecule has 6 aliphatic heterocycles. The van der Waals surface area contributed by atoms with Gasteiger partial charge in [0.15, 0.2) is 0 Å². The second-order valence-corrected chi connectivity index (χ2v) is 31.3. The number of fused-ring (bicyclic) bond motifs is 4. The zero-order chi connectivity index (χ0) is 74.0. The molecular formula is C81H110N17O8+. The molecule has 4 aromatic carbocycles. The first-order chi connectivity index (χ1) is 51.3. The molecule has 106 heavy (non-hydrogen) atoms. The van der Waals surface area contributed by atoms with Crippen molar-refractivity contribution in [2.24, 2.45) is 0 Å². The molecule has 2 atom stereocenters. The Morgan fingerprint density at radius 1 is 0.547 bits per heavy atom. The Balaban J connectivity index is 0.000000192. The van der Waals surface area contributed by atoms with Crippen molar-refractivity contribution in [3.63, 3.8) is 0 Å². The van der Waals surface area contributed by atoms with Crippen LogP contribution in [0.3, 0.4) is 0 Å². The number of aromatic nitrogens is 6. The standard InChI is InChI=1S/C45H63N9O5.C36H46N8O3/c1-5-6-7-10-17-50(3)45(58)59-31-54(4)24-15-37(16-25-54)51-20-22-52(23-21-51)43(56)40(28-33-26-32(2)41-36(27-33)30-46-49-41)48-44(57)53-18-13-34(14-19-53)38-29-35-11-8-9-12-39(35)47-42(38)55;1-24-19-25(20-28-23-37-40-33(24)28)21-32(35(46)43-17-15-42(16-18-43)29-9-11-41(2)12-10-29)39-36(47)44-13-7-26(8-14-44)30-22-27-5-3-4-6-31(27)38-34(30)45/h8-9,11-12,26-27,29-30,34,37,40H,5-7,10,13-25,28,31H2,1-4H3,(H2-,46,47,48,49,55,57);3-6,19-20,22-23,26,29,32H,7-18,21H2,1-2H3,(H,37,40)(H,38,45)(H,39,47)/p+1/t37?,40-,54?;32-/m11/s1. The monoisotopic (exact) mass is 1450 g/mol. The molecule has 6 aliphatic rings. The number of urea groups is 2. The zero-order valence-corrected chi connectivity index (χ0v) is 63.0. The molecule has 0 radical (unpaired) electrons. The molecule has 8 aromatic rings. The van der Waals surface area contributed by atoms with Gasteiger partial charge in [-0.2, -0.15) is 10.2 Å². The lowest BCUT2D eigenvalue weighted by Gasteiger charge is -2.45. The number of benzene rings is 4. The summed E-state index contributed by atoms with van der Waals surface area (Å²) in [5.41, 5.74) is 9.08. The minimum atomic E-state index is -0.732. The lowest BCUT2D eigenvalue weighted by Crippen LogP contribution is -2.60. The van der Waals surface area contributed by atoms with Crippen LogP contribution >= 0.6 is 0 Å². The summed E-state index contributed by atoms with van der Waals surface area (Å²) in [7, 11) is 6.18. The van der Waals surface area contributed by atoms with Crippen molar-refractivity contribution in [1.29, 1.82) is 0 Å². The molecule has 6 fully saturated rings. The number of piperidine rings is 4. The third kappa shape index (κ3) is 18.1. The third-order valence-electron chi connectivity index (χ3n) is 23.8. The van der Waals surface area contributed by atoms with Crippen LogP contribution in [-0.2, 0) is 27.2 Å². The summed E-state index contributed by atoms with van der Waals surface area (Å²) in [5, 5.41) is 24.8. The van der Waals surface area contributed by atoms with E-state index in [0.29, 0.717) is 110 Å². The molecule has 0 unspecified atom stereocenters. The van der Waals surface area contributed by atoms with Crippen LogP contribution in [0, 0.1) is 13.8 Å². The Morgan fingerprint density at radius 2 is 0.991 bits per heavy atom. The first kappa shape index (κ1) is 75.1. The van der Waals surface area contributed by atoms with Gasteiger partial charge in [0, 0.05) is 163 Å². The number of amides is 7. The lowest BCUT2D eigenvalue weighted by molar-refractivity contribution is -0.930. The van der Waals surface area contributed by atoms with Crippen LogP contribution in [0.1, 0.15) is 129 Å². The molecule has 4 aromatic heterocycles. The SMILES string of the molecule is CCCCCCN(C)C(=O)OC[N+]1(C)CCC(N2CCN(C(=O)[C@@H](Cc3cc(C)c4[nH]ncc4c3)NC(=O)N3CCC(c4cc5ccccc5[nH]c4=O)CC3)CC2)CC1.Cc1cc(C[C@@H](NC(=O)N2CCC(c3cc4ccccc4[nH]c3=O)CC2)C(=O)N2CCN(C3CCN(C)CC3)CC2)cc2cn[nH]c12. The summed E-state index contributed by atoms with van der Waals surface area (Å²) < 4.78 is 6.49. The Bertz CT molecular complexity index is 4480. The Kier molecular flexibility index (Phi) is 24.2. The topological polar surface area (TPSA) is 268 Å². The Morgan fingerprint density at radius 3 is 1.44 bits per heavy atom. The van der Waals surface area contributed by atoms with E-state index in [1.807, 2.05) is 97.4 Å². The molecule has 25 heteroatoms. The van der Waals surface area contributed by atoms with Gasteiger partial charge in [-0.25, -0.2) is 14.4 Å². The van der Waals surface area contributed by atoms with E-state index in [2.05, 4.69) is 94.9 Å². The first-order valence-corrected chi connectivity index (χ1v) is 39.0. The maximum absolute atomic E-state index is 14.4. The maximum atomic E-state index is 14.4. The van der Waals surface area contributed by atoms with Crippen LogP contribution in [0.5, 0.6) is 0 Å². The van der Waals surface area contributed by atoms with Gasteiger partial charge in [-0.05, 0) is 160 Å². The number of piperazine rings is 2. The predicted molar refractivity (Wildman–Crippen MR) is 414 cm³/mol. The van der Waals surface area contributed by atoms with Crippen molar-refractivity contribution in [2.75, 3.05) is 139 Å². The molecule has 0 bridgehead atoms. The van der Waals surface area contributed by atoms with Gasteiger partial charge in [0.1, 0.15) is 12.1 Å². The van der Waals surface area contributed by atoms with E-state index in [1.165, 1.54) is 25.7 Å². The van der Waals surface area contributed by atoms with E-state index in [4.69, 9.17) is 4.74 Å². The fraction of sp³-hybridized carbons (Fsp3) is 0.543. The van der Waals surface area contributed by atoms with Gasteiger partial charge in [0.2, 0.25) is 18.5 Å². The van der Waals surface area contributed by atoms with Crippen molar-refractivity contribution in [3.05, 3.63) is 151 Å². The van der Waals surface area contributed by atoms with Crippen LogP contribution < -0.4 is 21.8 Å². The number of carbonyl (C=O) groups is 5. The summed E-state index contributed by atoms with van der Waals surface area (Å²) in [4.78, 5) is 117. The highest BCUT2D eigenvalue weighted by Crippen LogP contribution is 2.32. The highest BCUT2D eigenvalue weighted by molar-refractivity contribution is 5.90.